The van der Waals surface area contributed by atoms with E-state index >= 15 is 0 Å². The number of likely N-dealkylation sites (N-methyl/N-ethyl adjacent to an activating group) is 1. The molecule has 1 fully saturated rings. The summed E-state index contributed by atoms with van der Waals surface area (Å²) in [7, 11) is 1.87. The largest absolute Gasteiger partial charge is 0.508 e. The number of amides is 1. The number of nitrogen functional groups attached to an aromatic ring is 1. The topological polar surface area (TPSA) is 69.8 Å². The molecule has 104 valence electrons. The number of carbonyl (C=O) groups is 1. The molecule has 3 N–H and O–H groups in total. The number of likely N-dealkylation sites (tertiary alicyclic amines) is 1. The minimum Gasteiger partial charge on any atom is -0.508 e. The van der Waals surface area contributed by atoms with Crippen LogP contribution in [0.15, 0.2) is 18.2 Å². The summed E-state index contributed by atoms with van der Waals surface area (Å²) in [6.07, 6.45) is 2.21. The van der Waals surface area contributed by atoms with E-state index in [9.17, 15) is 9.90 Å². The zero-order valence-electron chi connectivity index (χ0n) is 11.3. The third-order valence-corrected chi connectivity index (χ3v) is 3.41. The number of nitrogens with zero attached hydrogens (tertiary/aromatic N) is 2. The standard InChI is InChI=1S/C14H21N3O2/c1-16(10-14(19)17-6-2-3-7-17)9-11-8-12(15)4-5-13(11)18/h4-5,8,18H,2-3,6-7,9-10,15H2,1H3. The van der Waals surface area contributed by atoms with Gasteiger partial charge in [0.1, 0.15) is 5.75 Å². The maximum absolute atomic E-state index is 12.0. The molecule has 0 radical (unpaired) electrons. The van der Waals surface area contributed by atoms with E-state index in [1.165, 1.54) is 0 Å². The zero-order valence-corrected chi connectivity index (χ0v) is 11.3. The van der Waals surface area contributed by atoms with E-state index in [2.05, 4.69) is 0 Å². The molecule has 0 unspecified atom stereocenters. The second-order valence-electron chi connectivity index (χ2n) is 5.15. The average molecular weight is 263 g/mol. The third-order valence-electron chi connectivity index (χ3n) is 3.41. The van der Waals surface area contributed by atoms with E-state index in [4.69, 9.17) is 5.73 Å². The van der Waals surface area contributed by atoms with Crippen molar-refractivity contribution in [3.05, 3.63) is 23.8 Å². The first-order chi connectivity index (χ1) is 9.06. The number of hydrogen-bond donors (Lipinski definition) is 2. The molecule has 1 amide bonds. The van der Waals surface area contributed by atoms with Crippen LogP contribution in [0.5, 0.6) is 5.75 Å². The van der Waals surface area contributed by atoms with E-state index in [-0.39, 0.29) is 11.7 Å². The lowest BCUT2D eigenvalue weighted by atomic mass is 10.1. The van der Waals surface area contributed by atoms with E-state index in [0.29, 0.717) is 18.8 Å². The van der Waals surface area contributed by atoms with E-state index in [1.807, 2.05) is 16.8 Å². The first kappa shape index (κ1) is 13.7. The van der Waals surface area contributed by atoms with E-state index in [0.717, 1.165) is 31.5 Å². The summed E-state index contributed by atoms with van der Waals surface area (Å²) in [5.74, 6) is 0.373. The van der Waals surface area contributed by atoms with Gasteiger partial charge in [-0.1, -0.05) is 0 Å². The first-order valence-corrected chi connectivity index (χ1v) is 6.60. The monoisotopic (exact) mass is 263 g/mol. The van der Waals surface area contributed by atoms with Gasteiger partial charge in [-0.05, 0) is 38.1 Å². The second-order valence-corrected chi connectivity index (χ2v) is 5.15. The molecule has 1 aromatic carbocycles. The highest BCUT2D eigenvalue weighted by molar-refractivity contribution is 5.78. The Labute approximate surface area is 113 Å². The Hall–Kier alpha value is -1.75. The van der Waals surface area contributed by atoms with Crippen LogP contribution in [0, 0.1) is 0 Å². The molecule has 0 atom stereocenters. The van der Waals surface area contributed by atoms with Crippen LogP contribution in [0.1, 0.15) is 18.4 Å². The van der Waals surface area contributed by atoms with Gasteiger partial charge in [-0.3, -0.25) is 9.69 Å². The minimum atomic E-state index is 0.156. The van der Waals surface area contributed by atoms with Crippen LogP contribution >= 0.6 is 0 Å². The highest BCUT2D eigenvalue weighted by atomic mass is 16.3. The minimum absolute atomic E-state index is 0.156. The van der Waals surface area contributed by atoms with Gasteiger partial charge in [0.25, 0.3) is 0 Å². The van der Waals surface area contributed by atoms with Gasteiger partial charge in [0.2, 0.25) is 5.91 Å². The number of hydrogen-bond acceptors (Lipinski definition) is 4. The lowest BCUT2D eigenvalue weighted by Crippen LogP contribution is -2.36. The van der Waals surface area contributed by atoms with Crippen molar-refractivity contribution in [2.75, 3.05) is 32.4 Å². The Bertz CT molecular complexity index is 456. The fourth-order valence-electron chi connectivity index (χ4n) is 2.38. The van der Waals surface area contributed by atoms with Crippen LogP contribution in [-0.2, 0) is 11.3 Å². The Morgan fingerprint density at radius 2 is 2.11 bits per heavy atom. The molecule has 5 nitrogen and oxygen atoms in total. The molecule has 5 heteroatoms. The first-order valence-electron chi connectivity index (χ1n) is 6.60. The summed E-state index contributed by atoms with van der Waals surface area (Å²) in [4.78, 5) is 15.8. The lowest BCUT2D eigenvalue weighted by Gasteiger charge is -2.21. The number of rotatable bonds is 4. The number of aromatic hydroxyl groups is 1. The van der Waals surface area contributed by atoms with Crippen LogP contribution in [0.3, 0.4) is 0 Å². The SMILES string of the molecule is CN(CC(=O)N1CCCC1)Cc1cc(N)ccc1O. The molecule has 0 aliphatic carbocycles. The number of phenols is 1. The highest BCUT2D eigenvalue weighted by Crippen LogP contribution is 2.21. The molecule has 1 heterocycles. The van der Waals surface area contributed by atoms with E-state index < -0.39 is 0 Å². The quantitative estimate of drug-likeness (QED) is 0.629. The molecule has 19 heavy (non-hydrogen) atoms. The summed E-state index contributed by atoms with van der Waals surface area (Å²) >= 11 is 0. The van der Waals surface area contributed by atoms with Gasteiger partial charge >= 0.3 is 0 Å². The Morgan fingerprint density at radius 3 is 2.79 bits per heavy atom. The fourth-order valence-corrected chi connectivity index (χ4v) is 2.38. The van der Waals surface area contributed by atoms with Crippen LogP contribution in [0.4, 0.5) is 5.69 Å². The van der Waals surface area contributed by atoms with Gasteiger partial charge in [0.05, 0.1) is 6.54 Å². The molecule has 2 rings (SSSR count). The van der Waals surface area contributed by atoms with Gasteiger partial charge in [-0.15, -0.1) is 0 Å². The molecular formula is C14H21N3O2. The van der Waals surface area contributed by atoms with Crippen molar-refractivity contribution in [2.45, 2.75) is 19.4 Å². The van der Waals surface area contributed by atoms with Crippen molar-refractivity contribution in [3.63, 3.8) is 0 Å². The Morgan fingerprint density at radius 1 is 1.42 bits per heavy atom. The van der Waals surface area contributed by atoms with Crippen molar-refractivity contribution >= 4 is 11.6 Å². The van der Waals surface area contributed by atoms with Crippen molar-refractivity contribution < 1.29 is 9.90 Å². The highest BCUT2D eigenvalue weighted by Gasteiger charge is 2.19. The number of anilines is 1. The fraction of sp³-hybridized carbons (Fsp3) is 0.500. The molecule has 0 spiro atoms. The van der Waals surface area contributed by atoms with Crippen LogP contribution in [0.2, 0.25) is 0 Å². The average Bonchev–Trinajstić information content (AvgIpc) is 2.87. The van der Waals surface area contributed by atoms with Crippen LogP contribution in [-0.4, -0.2) is 47.5 Å². The van der Waals surface area contributed by atoms with Crippen molar-refractivity contribution in [1.29, 1.82) is 0 Å². The Balaban J connectivity index is 1.91. The normalized spacial score (nSPS) is 15.2. The summed E-state index contributed by atoms with van der Waals surface area (Å²) in [5.41, 5.74) is 7.06. The molecule has 0 bridgehead atoms. The van der Waals surface area contributed by atoms with Crippen LogP contribution < -0.4 is 5.73 Å². The summed E-state index contributed by atoms with van der Waals surface area (Å²) in [6.45, 7) is 2.62. The molecule has 1 aliphatic heterocycles. The maximum Gasteiger partial charge on any atom is 0.236 e. The second kappa shape index (κ2) is 5.93. The van der Waals surface area contributed by atoms with Gasteiger partial charge in [-0.2, -0.15) is 0 Å². The van der Waals surface area contributed by atoms with Crippen LogP contribution in [0.25, 0.3) is 0 Å². The number of carbonyl (C=O) groups excluding carboxylic acids is 1. The van der Waals surface area contributed by atoms with Crippen molar-refractivity contribution in [1.82, 2.24) is 9.80 Å². The summed E-state index contributed by atoms with van der Waals surface area (Å²) in [5, 5.41) is 9.75. The smallest absolute Gasteiger partial charge is 0.236 e. The summed E-state index contributed by atoms with van der Waals surface area (Å²) < 4.78 is 0. The number of phenolic OH excluding ortho intramolecular Hbond substituents is 1. The van der Waals surface area contributed by atoms with Gasteiger partial charge in [0.15, 0.2) is 0 Å². The van der Waals surface area contributed by atoms with Crippen molar-refractivity contribution in [2.24, 2.45) is 0 Å². The molecule has 0 aromatic heterocycles. The molecule has 0 saturated carbocycles. The molecule has 1 aromatic rings. The molecule has 1 aliphatic rings. The zero-order chi connectivity index (χ0) is 13.8. The maximum atomic E-state index is 12.0. The van der Waals surface area contributed by atoms with Gasteiger partial charge in [0, 0.05) is 30.9 Å². The van der Waals surface area contributed by atoms with E-state index in [1.54, 1.807) is 18.2 Å². The lowest BCUT2D eigenvalue weighted by molar-refractivity contribution is -0.131. The number of benzene rings is 1. The summed E-state index contributed by atoms with van der Waals surface area (Å²) in [6, 6.07) is 4.99. The Kier molecular flexibility index (Phi) is 4.27. The third kappa shape index (κ3) is 3.61. The van der Waals surface area contributed by atoms with Gasteiger partial charge in [-0.25, -0.2) is 0 Å². The molecule has 1 saturated heterocycles. The predicted molar refractivity (Wildman–Crippen MR) is 74.7 cm³/mol. The predicted octanol–water partition coefficient (Wildman–Crippen LogP) is 1.03. The van der Waals surface area contributed by atoms with Crippen molar-refractivity contribution in [3.8, 4) is 5.75 Å². The number of nitrogens with two attached hydrogens (primary N) is 1. The molecular weight excluding hydrogens is 242 g/mol. The van der Waals surface area contributed by atoms with Gasteiger partial charge < -0.3 is 15.7 Å².